The molecule has 4 nitrogen and oxygen atoms in total. The van der Waals surface area contributed by atoms with Crippen molar-refractivity contribution >= 4 is 11.6 Å². The molecule has 0 aliphatic carbocycles. The van der Waals surface area contributed by atoms with Crippen molar-refractivity contribution in [2.24, 2.45) is 0 Å². The first kappa shape index (κ1) is 14.4. The zero-order valence-electron chi connectivity index (χ0n) is 12.7. The third-order valence-corrected chi connectivity index (χ3v) is 4.01. The molecule has 114 valence electrons. The standard InChI is InChI=1S/C18H19NO3/c1-3-16-18(21)19(11-13-7-5-4-6-12(13)2)15-9-8-14(20)10-17(15)22-16/h4-10,16,20H,3,11H2,1-2H3. The quantitative estimate of drug-likeness (QED) is 0.944. The van der Waals surface area contributed by atoms with Crippen molar-refractivity contribution in [1.29, 1.82) is 0 Å². The van der Waals surface area contributed by atoms with Crippen molar-refractivity contribution in [3.63, 3.8) is 0 Å². The zero-order chi connectivity index (χ0) is 15.7. The van der Waals surface area contributed by atoms with Crippen molar-refractivity contribution in [2.45, 2.75) is 32.9 Å². The molecular formula is C18H19NO3. The molecule has 1 amide bonds. The van der Waals surface area contributed by atoms with E-state index in [2.05, 4.69) is 0 Å². The largest absolute Gasteiger partial charge is 0.508 e. The van der Waals surface area contributed by atoms with E-state index >= 15 is 0 Å². The van der Waals surface area contributed by atoms with Gasteiger partial charge in [-0.1, -0.05) is 31.2 Å². The van der Waals surface area contributed by atoms with Gasteiger partial charge in [-0.2, -0.15) is 0 Å². The van der Waals surface area contributed by atoms with E-state index in [1.54, 1.807) is 23.1 Å². The molecule has 0 spiro atoms. The Hall–Kier alpha value is -2.49. The lowest BCUT2D eigenvalue weighted by Gasteiger charge is -2.34. The van der Waals surface area contributed by atoms with Crippen molar-refractivity contribution in [1.82, 2.24) is 0 Å². The molecule has 1 N–H and O–H groups in total. The molecule has 0 radical (unpaired) electrons. The van der Waals surface area contributed by atoms with Crippen LogP contribution in [0.1, 0.15) is 24.5 Å². The average Bonchev–Trinajstić information content (AvgIpc) is 2.51. The molecule has 0 bridgehead atoms. The molecule has 1 aliphatic rings. The van der Waals surface area contributed by atoms with Crippen LogP contribution in [0.3, 0.4) is 0 Å². The molecular weight excluding hydrogens is 278 g/mol. The maximum absolute atomic E-state index is 12.7. The maximum Gasteiger partial charge on any atom is 0.268 e. The number of aromatic hydroxyl groups is 1. The number of ether oxygens (including phenoxy) is 1. The third-order valence-electron chi connectivity index (χ3n) is 4.01. The van der Waals surface area contributed by atoms with Crippen LogP contribution in [0.2, 0.25) is 0 Å². The first-order valence-electron chi connectivity index (χ1n) is 7.45. The van der Waals surface area contributed by atoms with Gasteiger partial charge >= 0.3 is 0 Å². The van der Waals surface area contributed by atoms with E-state index in [9.17, 15) is 9.90 Å². The minimum Gasteiger partial charge on any atom is -0.508 e. The number of benzene rings is 2. The van der Waals surface area contributed by atoms with E-state index in [1.807, 2.05) is 38.1 Å². The molecule has 0 saturated heterocycles. The van der Waals surface area contributed by atoms with Crippen molar-refractivity contribution in [3.05, 3.63) is 53.6 Å². The van der Waals surface area contributed by atoms with Crippen LogP contribution in [0.25, 0.3) is 0 Å². The lowest BCUT2D eigenvalue weighted by atomic mass is 10.1. The summed E-state index contributed by atoms with van der Waals surface area (Å²) in [5.74, 6) is 0.655. The van der Waals surface area contributed by atoms with E-state index in [0.717, 1.165) is 11.1 Å². The van der Waals surface area contributed by atoms with E-state index in [0.29, 0.717) is 24.4 Å². The van der Waals surface area contributed by atoms with Crippen LogP contribution in [0.15, 0.2) is 42.5 Å². The predicted molar refractivity (Wildman–Crippen MR) is 85.2 cm³/mol. The average molecular weight is 297 g/mol. The molecule has 2 aromatic rings. The van der Waals surface area contributed by atoms with Gasteiger partial charge in [-0.25, -0.2) is 0 Å². The highest BCUT2D eigenvalue weighted by atomic mass is 16.5. The van der Waals surface area contributed by atoms with Gasteiger partial charge in [0.05, 0.1) is 12.2 Å². The summed E-state index contributed by atoms with van der Waals surface area (Å²) in [6.07, 6.45) is 0.0939. The number of phenolic OH excluding ortho intramolecular Hbond substituents is 1. The van der Waals surface area contributed by atoms with Crippen LogP contribution in [0.4, 0.5) is 5.69 Å². The van der Waals surface area contributed by atoms with Crippen molar-refractivity contribution < 1.29 is 14.6 Å². The Kier molecular flexibility index (Phi) is 3.75. The molecule has 0 fully saturated rings. The highest BCUT2D eigenvalue weighted by molar-refractivity contribution is 6.00. The predicted octanol–water partition coefficient (Wildman–Crippen LogP) is 3.40. The summed E-state index contributed by atoms with van der Waals surface area (Å²) in [6, 6.07) is 12.9. The lowest BCUT2D eigenvalue weighted by molar-refractivity contribution is -0.126. The molecule has 3 rings (SSSR count). The fourth-order valence-corrected chi connectivity index (χ4v) is 2.70. The van der Waals surface area contributed by atoms with Gasteiger partial charge in [0.1, 0.15) is 11.5 Å². The molecule has 22 heavy (non-hydrogen) atoms. The lowest BCUT2D eigenvalue weighted by Crippen LogP contribution is -2.45. The van der Waals surface area contributed by atoms with E-state index in [-0.39, 0.29) is 11.7 Å². The Labute approximate surface area is 130 Å². The van der Waals surface area contributed by atoms with Gasteiger partial charge in [0.2, 0.25) is 0 Å². The molecule has 0 saturated carbocycles. The molecule has 1 unspecified atom stereocenters. The number of nitrogens with zero attached hydrogens (tertiary/aromatic N) is 1. The van der Waals surface area contributed by atoms with E-state index in [4.69, 9.17) is 4.74 Å². The summed E-state index contributed by atoms with van der Waals surface area (Å²) in [6.45, 7) is 4.46. The minimum atomic E-state index is -0.502. The normalized spacial score (nSPS) is 17.1. The molecule has 1 atom stereocenters. The minimum absolute atomic E-state index is 0.0380. The van der Waals surface area contributed by atoms with Crippen LogP contribution in [-0.4, -0.2) is 17.1 Å². The van der Waals surface area contributed by atoms with Crippen LogP contribution >= 0.6 is 0 Å². The van der Waals surface area contributed by atoms with Gasteiger partial charge < -0.3 is 14.7 Å². The Morgan fingerprint density at radius 2 is 2.00 bits per heavy atom. The number of carbonyl (C=O) groups excluding carboxylic acids is 1. The molecule has 1 aliphatic heterocycles. The Balaban J connectivity index is 2.01. The molecule has 1 heterocycles. The zero-order valence-corrected chi connectivity index (χ0v) is 12.7. The number of rotatable bonds is 3. The second kappa shape index (κ2) is 5.72. The summed E-state index contributed by atoms with van der Waals surface area (Å²) in [4.78, 5) is 14.4. The first-order chi connectivity index (χ1) is 10.6. The Morgan fingerprint density at radius 3 is 2.73 bits per heavy atom. The number of phenols is 1. The second-order valence-corrected chi connectivity index (χ2v) is 5.52. The van der Waals surface area contributed by atoms with Gasteiger partial charge in [0.25, 0.3) is 5.91 Å². The summed E-state index contributed by atoms with van der Waals surface area (Å²) >= 11 is 0. The molecule has 2 aromatic carbocycles. The number of amides is 1. The van der Waals surface area contributed by atoms with Gasteiger partial charge in [0.15, 0.2) is 6.10 Å². The number of hydrogen-bond donors (Lipinski definition) is 1. The summed E-state index contributed by atoms with van der Waals surface area (Å²) in [7, 11) is 0. The molecule has 0 aromatic heterocycles. The van der Waals surface area contributed by atoms with Gasteiger partial charge in [-0.15, -0.1) is 0 Å². The highest BCUT2D eigenvalue weighted by Gasteiger charge is 2.33. The van der Waals surface area contributed by atoms with Crippen molar-refractivity contribution in [3.8, 4) is 11.5 Å². The van der Waals surface area contributed by atoms with Crippen LogP contribution in [0, 0.1) is 6.92 Å². The van der Waals surface area contributed by atoms with Crippen LogP contribution in [-0.2, 0) is 11.3 Å². The SMILES string of the molecule is CCC1Oc2cc(O)ccc2N(Cc2ccccc2C)C1=O. The number of hydrogen-bond acceptors (Lipinski definition) is 3. The van der Waals surface area contributed by atoms with E-state index in [1.165, 1.54) is 0 Å². The van der Waals surface area contributed by atoms with Crippen LogP contribution < -0.4 is 9.64 Å². The van der Waals surface area contributed by atoms with Gasteiger partial charge in [-0.3, -0.25) is 4.79 Å². The number of fused-ring (bicyclic) bond motifs is 1. The number of aryl methyl sites for hydroxylation is 1. The Bertz CT molecular complexity index is 711. The highest BCUT2D eigenvalue weighted by Crippen LogP contribution is 2.38. The monoisotopic (exact) mass is 297 g/mol. The first-order valence-corrected chi connectivity index (χ1v) is 7.45. The second-order valence-electron chi connectivity index (χ2n) is 5.52. The summed E-state index contributed by atoms with van der Waals surface area (Å²) < 4.78 is 5.72. The van der Waals surface area contributed by atoms with Crippen molar-refractivity contribution in [2.75, 3.05) is 4.90 Å². The van der Waals surface area contributed by atoms with E-state index < -0.39 is 6.10 Å². The summed E-state index contributed by atoms with van der Waals surface area (Å²) in [5.41, 5.74) is 2.96. The third kappa shape index (κ3) is 2.52. The fraction of sp³-hybridized carbons (Fsp3) is 0.278. The molecule has 4 heteroatoms. The topological polar surface area (TPSA) is 49.8 Å². The smallest absolute Gasteiger partial charge is 0.268 e. The summed E-state index contributed by atoms with van der Waals surface area (Å²) in [5, 5.41) is 9.65. The van der Waals surface area contributed by atoms with Gasteiger partial charge in [-0.05, 0) is 36.6 Å². The van der Waals surface area contributed by atoms with Crippen LogP contribution in [0.5, 0.6) is 11.5 Å². The Morgan fingerprint density at radius 1 is 1.23 bits per heavy atom. The number of anilines is 1. The number of carbonyl (C=O) groups is 1. The van der Waals surface area contributed by atoms with Gasteiger partial charge in [0, 0.05) is 6.07 Å². The maximum atomic E-state index is 12.7. The fourth-order valence-electron chi connectivity index (χ4n) is 2.70.